The number of nitrogens with zero attached hydrogens (tertiary/aromatic N) is 1. The van der Waals surface area contributed by atoms with E-state index in [0.717, 1.165) is 0 Å². The lowest BCUT2D eigenvalue weighted by atomic mass is 10.3. The van der Waals surface area contributed by atoms with E-state index >= 15 is 0 Å². The molecule has 1 rings (SSSR count). The molecule has 1 aromatic carbocycles. The number of halogens is 1. The minimum atomic E-state index is -0.505. The zero-order chi connectivity index (χ0) is 11.4. The predicted molar refractivity (Wildman–Crippen MR) is 60.5 cm³/mol. The molecule has 0 spiro atoms. The molecule has 0 aromatic heterocycles. The van der Waals surface area contributed by atoms with Gasteiger partial charge in [0.1, 0.15) is 5.02 Å². The van der Waals surface area contributed by atoms with Crippen molar-refractivity contribution in [3.63, 3.8) is 0 Å². The summed E-state index contributed by atoms with van der Waals surface area (Å²) >= 11 is 6.97. The second kappa shape index (κ2) is 5.34. The van der Waals surface area contributed by atoms with E-state index < -0.39 is 4.92 Å². The average Bonchev–Trinajstić information content (AvgIpc) is 2.17. The minimum Gasteiger partial charge on any atom is -0.395 e. The molecule has 0 saturated heterocycles. The molecular weight excluding hydrogens is 238 g/mol. The number of nitro benzene ring substituents is 1. The van der Waals surface area contributed by atoms with E-state index in [1.807, 2.05) is 0 Å². The van der Waals surface area contributed by atoms with Crippen molar-refractivity contribution in [2.45, 2.75) is 17.1 Å². The molecule has 0 bridgehead atoms. The number of thioether (sulfide) groups is 1. The fraction of sp³-hybridized carbons (Fsp3) is 0.333. The van der Waals surface area contributed by atoms with Gasteiger partial charge in [-0.05, 0) is 12.1 Å². The first-order valence-electron chi connectivity index (χ1n) is 4.26. The largest absolute Gasteiger partial charge is 0.395 e. The van der Waals surface area contributed by atoms with Crippen molar-refractivity contribution in [1.82, 2.24) is 0 Å². The van der Waals surface area contributed by atoms with Crippen LogP contribution in [0.5, 0.6) is 0 Å². The normalized spacial score (nSPS) is 12.5. The van der Waals surface area contributed by atoms with Gasteiger partial charge in [-0.1, -0.05) is 24.6 Å². The molecule has 0 aliphatic carbocycles. The standard InChI is InChI=1S/C9H10ClNO3S/c1-6(5-12)15-8-4-2-3-7(10)9(8)11(13)14/h2-4,6,12H,5H2,1H3. The van der Waals surface area contributed by atoms with Crippen LogP contribution in [0.3, 0.4) is 0 Å². The number of rotatable bonds is 4. The Morgan fingerprint density at radius 2 is 2.33 bits per heavy atom. The summed E-state index contributed by atoms with van der Waals surface area (Å²) in [4.78, 5) is 10.7. The SMILES string of the molecule is CC(CO)Sc1cccc(Cl)c1[N+](=O)[O-]. The van der Waals surface area contributed by atoms with Crippen molar-refractivity contribution in [1.29, 1.82) is 0 Å². The first-order valence-corrected chi connectivity index (χ1v) is 5.52. The van der Waals surface area contributed by atoms with Crippen LogP contribution >= 0.6 is 23.4 Å². The van der Waals surface area contributed by atoms with Gasteiger partial charge in [0.25, 0.3) is 0 Å². The predicted octanol–water partition coefficient (Wildman–Crippen LogP) is 2.72. The molecule has 82 valence electrons. The number of hydrogen-bond acceptors (Lipinski definition) is 4. The number of aliphatic hydroxyl groups is 1. The van der Waals surface area contributed by atoms with Gasteiger partial charge in [-0.2, -0.15) is 0 Å². The van der Waals surface area contributed by atoms with Crippen LogP contribution in [0.15, 0.2) is 23.1 Å². The summed E-state index contributed by atoms with van der Waals surface area (Å²) in [6.07, 6.45) is 0. The van der Waals surface area contributed by atoms with Crippen molar-refractivity contribution in [3.8, 4) is 0 Å². The van der Waals surface area contributed by atoms with Gasteiger partial charge in [-0.15, -0.1) is 11.8 Å². The Hall–Kier alpha value is -0.780. The summed E-state index contributed by atoms with van der Waals surface area (Å²) in [5.74, 6) is 0. The third-order valence-electron chi connectivity index (χ3n) is 1.72. The number of nitro groups is 1. The van der Waals surface area contributed by atoms with E-state index in [1.54, 1.807) is 19.1 Å². The lowest BCUT2D eigenvalue weighted by molar-refractivity contribution is -0.387. The van der Waals surface area contributed by atoms with Crippen LogP contribution in [-0.4, -0.2) is 21.9 Å². The maximum Gasteiger partial charge on any atom is 0.301 e. The molecule has 1 N–H and O–H groups in total. The summed E-state index contributed by atoms with van der Waals surface area (Å²) in [6.45, 7) is 1.75. The van der Waals surface area contributed by atoms with Crippen LogP contribution in [0.2, 0.25) is 5.02 Å². The summed E-state index contributed by atoms with van der Waals surface area (Å²) < 4.78 is 0. The van der Waals surface area contributed by atoms with E-state index in [1.165, 1.54) is 17.8 Å². The first-order chi connectivity index (χ1) is 7.06. The number of hydrogen-bond donors (Lipinski definition) is 1. The lowest BCUT2D eigenvalue weighted by Gasteiger charge is -2.08. The Morgan fingerprint density at radius 3 is 2.87 bits per heavy atom. The Labute approximate surface area is 96.4 Å². The zero-order valence-corrected chi connectivity index (χ0v) is 9.59. The van der Waals surface area contributed by atoms with Crippen LogP contribution in [0, 0.1) is 10.1 Å². The zero-order valence-electron chi connectivity index (χ0n) is 8.01. The van der Waals surface area contributed by atoms with Gasteiger partial charge >= 0.3 is 5.69 Å². The molecule has 1 atom stereocenters. The monoisotopic (exact) mass is 247 g/mol. The Balaban J connectivity index is 3.06. The summed E-state index contributed by atoms with van der Waals surface area (Å²) in [6, 6.07) is 4.76. The summed E-state index contributed by atoms with van der Waals surface area (Å²) in [5, 5.41) is 19.7. The molecule has 0 fully saturated rings. The first kappa shape index (κ1) is 12.3. The third-order valence-corrected chi connectivity index (χ3v) is 3.16. The average molecular weight is 248 g/mol. The Bertz CT molecular complexity index is 372. The Morgan fingerprint density at radius 1 is 1.67 bits per heavy atom. The maximum atomic E-state index is 10.8. The molecule has 15 heavy (non-hydrogen) atoms. The van der Waals surface area contributed by atoms with E-state index in [2.05, 4.69) is 0 Å². The van der Waals surface area contributed by atoms with Gasteiger partial charge in [0.15, 0.2) is 0 Å². The number of para-hydroxylation sites is 1. The highest BCUT2D eigenvalue weighted by molar-refractivity contribution is 8.00. The van der Waals surface area contributed by atoms with Gasteiger partial charge in [-0.3, -0.25) is 10.1 Å². The van der Waals surface area contributed by atoms with Crippen molar-refractivity contribution < 1.29 is 10.0 Å². The molecule has 0 radical (unpaired) electrons. The molecule has 1 unspecified atom stereocenters. The van der Waals surface area contributed by atoms with Crippen molar-refractivity contribution in [2.24, 2.45) is 0 Å². The fourth-order valence-corrected chi connectivity index (χ4v) is 2.28. The van der Waals surface area contributed by atoms with Crippen LogP contribution < -0.4 is 0 Å². The molecular formula is C9H10ClNO3S. The minimum absolute atomic E-state index is 0.0334. The highest BCUT2D eigenvalue weighted by Crippen LogP contribution is 2.36. The molecule has 4 nitrogen and oxygen atoms in total. The molecule has 6 heteroatoms. The highest BCUT2D eigenvalue weighted by atomic mass is 35.5. The van der Waals surface area contributed by atoms with Gasteiger partial charge in [0.2, 0.25) is 0 Å². The van der Waals surface area contributed by atoms with Crippen molar-refractivity contribution >= 4 is 29.1 Å². The van der Waals surface area contributed by atoms with Crippen molar-refractivity contribution in [3.05, 3.63) is 33.3 Å². The number of aliphatic hydroxyl groups excluding tert-OH is 1. The number of benzene rings is 1. The highest BCUT2D eigenvalue weighted by Gasteiger charge is 2.19. The van der Waals surface area contributed by atoms with Crippen molar-refractivity contribution in [2.75, 3.05) is 6.61 Å². The van der Waals surface area contributed by atoms with E-state index in [4.69, 9.17) is 16.7 Å². The van der Waals surface area contributed by atoms with Gasteiger partial charge in [-0.25, -0.2) is 0 Å². The molecule has 0 heterocycles. The van der Waals surface area contributed by atoms with Gasteiger partial charge in [0.05, 0.1) is 16.4 Å². The maximum absolute atomic E-state index is 10.8. The summed E-state index contributed by atoms with van der Waals surface area (Å²) in [7, 11) is 0. The van der Waals surface area contributed by atoms with E-state index in [9.17, 15) is 10.1 Å². The van der Waals surface area contributed by atoms with E-state index in [0.29, 0.717) is 4.90 Å². The van der Waals surface area contributed by atoms with Crippen LogP contribution in [0.4, 0.5) is 5.69 Å². The third kappa shape index (κ3) is 3.09. The molecule has 1 aromatic rings. The topological polar surface area (TPSA) is 63.4 Å². The summed E-state index contributed by atoms with van der Waals surface area (Å²) in [5.41, 5.74) is -0.0931. The second-order valence-electron chi connectivity index (χ2n) is 2.95. The van der Waals surface area contributed by atoms with Gasteiger partial charge in [0, 0.05) is 5.25 Å². The smallest absolute Gasteiger partial charge is 0.301 e. The molecule has 0 aliphatic heterocycles. The quantitative estimate of drug-likeness (QED) is 0.505. The Kier molecular flexibility index (Phi) is 4.38. The second-order valence-corrected chi connectivity index (χ2v) is 4.84. The fourth-order valence-electron chi connectivity index (χ4n) is 1.02. The van der Waals surface area contributed by atoms with Crippen LogP contribution in [0.1, 0.15) is 6.92 Å². The van der Waals surface area contributed by atoms with Crippen LogP contribution in [0.25, 0.3) is 0 Å². The molecule has 0 amide bonds. The van der Waals surface area contributed by atoms with Crippen LogP contribution in [-0.2, 0) is 0 Å². The lowest BCUT2D eigenvalue weighted by Crippen LogP contribution is -2.02. The van der Waals surface area contributed by atoms with E-state index in [-0.39, 0.29) is 22.6 Å². The molecule has 0 saturated carbocycles. The molecule has 0 aliphatic rings. The van der Waals surface area contributed by atoms with Gasteiger partial charge < -0.3 is 5.11 Å².